The molecule has 0 bridgehead atoms. The van der Waals surface area contributed by atoms with Gasteiger partial charge in [-0.2, -0.15) is 0 Å². The molecule has 3 N–H and O–H groups in total. The highest BCUT2D eigenvalue weighted by Crippen LogP contribution is 2.16. The Morgan fingerprint density at radius 3 is 2.78 bits per heavy atom. The third-order valence-corrected chi connectivity index (χ3v) is 2.27. The Kier molecular flexibility index (Phi) is 5.87. The van der Waals surface area contributed by atoms with Crippen molar-refractivity contribution in [3.8, 4) is 0 Å². The topological polar surface area (TPSA) is 47.3 Å². The highest BCUT2D eigenvalue weighted by Gasteiger charge is 2.06. The molecule has 3 nitrogen and oxygen atoms in total. The van der Waals surface area contributed by atoms with Gasteiger partial charge in [0.05, 0.1) is 6.61 Å². The van der Waals surface area contributed by atoms with Gasteiger partial charge < -0.3 is 15.8 Å². The van der Waals surface area contributed by atoms with E-state index in [4.69, 9.17) is 22.7 Å². The molecule has 0 unspecified atom stereocenters. The summed E-state index contributed by atoms with van der Waals surface area (Å²) in [7, 11) is 0. The molecule has 0 amide bonds. The van der Waals surface area contributed by atoms with E-state index in [1.54, 1.807) is 0 Å². The zero-order valence-electron chi connectivity index (χ0n) is 9.46. The summed E-state index contributed by atoms with van der Waals surface area (Å²) in [5.74, 6) is -0.447. The van der Waals surface area contributed by atoms with Crippen molar-refractivity contribution in [3.05, 3.63) is 29.6 Å². The first-order valence-electron chi connectivity index (χ1n) is 5.20. The van der Waals surface area contributed by atoms with E-state index in [0.717, 1.165) is 0 Å². The van der Waals surface area contributed by atoms with Crippen molar-refractivity contribution >= 4 is 22.9 Å². The van der Waals surface area contributed by atoms with Gasteiger partial charge in [-0.3, -0.25) is 0 Å². The average Bonchev–Trinajstić information content (AvgIpc) is 2.29. The minimum absolute atomic E-state index is 0.0606. The minimum Gasteiger partial charge on any atom is -0.389 e. The van der Waals surface area contributed by atoms with Gasteiger partial charge in [0, 0.05) is 17.8 Å². The first-order valence-corrected chi connectivity index (χ1v) is 5.60. The van der Waals surface area contributed by atoms with Crippen molar-refractivity contribution in [3.63, 3.8) is 0 Å². The summed E-state index contributed by atoms with van der Waals surface area (Å²) in [6.07, 6.45) is -2.48. The first-order chi connectivity index (χ1) is 8.50. The molecule has 0 spiro atoms. The number of ether oxygens (including phenoxy) is 1. The van der Waals surface area contributed by atoms with E-state index >= 15 is 0 Å². The van der Waals surface area contributed by atoms with Crippen molar-refractivity contribution in [2.75, 3.05) is 25.1 Å². The third kappa shape index (κ3) is 4.89. The molecule has 100 valence electrons. The Balaban J connectivity index is 2.49. The standard InChI is InChI=1S/C11H13F3N2OS/c12-7-1-2-9(8(5-7)11(15)18)16-3-4-17-6-10(13)14/h1-2,5,10,16H,3-4,6H2,(H2,15,18). The summed E-state index contributed by atoms with van der Waals surface area (Å²) in [6, 6.07) is 3.95. The molecule has 0 aliphatic heterocycles. The Bertz CT molecular complexity index is 415. The molecule has 0 radical (unpaired) electrons. The first kappa shape index (κ1) is 14.7. The smallest absolute Gasteiger partial charge is 0.261 e. The van der Waals surface area contributed by atoms with E-state index < -0.39 is 18.8 Å². The fourth-order valence-corrected chi connectivity index (χ4v) is 1.47. The highest BCUT2D eigenvalue weighted by molar-refractivity contribution is 7.80. The van der Waals surface area contributed by atoms with E-state index in [1.165, 1.54) is 18.2 Å². The number of nitrogens with one attached hydrogen (secondary N) is 1. The van der Waals surface area contributed by atoms with Crippen LogP contribution in [0.4, 0.5) is 18.9 Å². The number of hydrogen-bond acceptors (Lipinski definition) is 3. The summed E-state index contributed by atoms with van der Waals surface area (Å²) in [4.78, 5) is 0.0606. The molecule has 0 saturated carbocycles. The highest BCUT2D eigenvalue weighted by atomic mass is 32.1. The van der Waals surface area contributed by atoms with Crippen LogP contribution in [0.1, 0.15) is 5.56 Å². The van der Waals surface area contributed by atoms with Crippen LogP contribution in [-0.4, -0.2) is 31.2 Å². The van der Waals surface area contributed by atoms with Crippen molar-refractivity contribution in [1.82, 2.24) is 0 Å². The summed E-state index contributed by atoms with van der Waals surface area (Å²) < 4.78 is 41.2. The molecule has 0 atom stereocenters. The molecule has 1 aromatic carbocycles. The molecule has 0 fully saturated rings. The Labute approximate surface area is 108 Å². The van der Waals surface area contributed by atoms with Crippen LogP contribution >= 0.6 is 12.2 Å². The van der Waals surface area contributed by atoms with Gasteiger partial charge in [0.15, 0.2) is 0 Å². The fraction of sp³-hybridized carbons (Fsp3) is 0.364. The van der Waals surface area contributed by atoms with E-state index in [9.17, 15) is 13.2 Å². The monoisotopic (exact) mass is 278 g/mol. The van der Waals surface area contributed by atoms with Gasteiger partial charge in [-0.1, -0.05) is 12.2 Å². The second-order valence-electron chi connectivity index (χ2n) is 3.45. The van der Waals surface area contributed by atoms with E-state index in [2.05, 4.69) is 5.32 Å². The number of benzene rings is 1. The molecule has 1 rings (SSSR count). The lowest BCUT2D eigenvalue weighted by Crippen LogP contribution is -2.17. The minimum atomic E-state index is -2.48. The number of halogens is 3. The molecule has 0 saturated heterocycles. The Morgan fingerprint density at radius 2 is 2.17 bits per heavy atom. The van der Waals surface area contributed by atoms with Crippen molar-refractivity contribution < 1.29 is 17.9 Å². The number of thiocarbonyl (C=S) groups is 1. The van der Waals surface area contributed by atoms with Crippen LogP contribution in [0.3, 0.4) is 0 Å². The van der Waals surface area contributed by atoms with E-state index in [0.29, 0.717) is 17.8 Å². The maximum absolute atomic E-state index is 13.0. The lowest BCUT2D eigenvalue weighted by Gasteiger charge is -2.11. The molecule has 0 aromatic heterocycles. The number of rotatable bonds is 7. The summed E-state index contributed by atoms with van der Waals surface area (Å²) in [6.45, 7) is -0.195. The molecule has 0 aliphatic rings. The second kappa shape index (κ2) is 7.17. The molecular weight excluding hydrogens is 265 g/mol. The molecule has 1 aromatic rings. The van der Waals surface area contributed by atoms with E-state index in [1.807, 2.05) is 0 Å². The van der Waals surface area contributed by atoms with Gasteiger partial charge in [-0.15, -0.1) is 0 Å². The predicted octanol–water partition coefficient (Wildman–Crippen LogP) is 2.15. The summed E-state index contributed by atoms with van der Waals surface area (Å²) in [5, 5.41) is 2.89. The van der Waals surface area contributed by atoms with Crippen molar-refractivity contribution in [2.45, 2.75) is 6.43 Å². The number of alkyl halides is 2. The van der Waals surface area contributed by atoms with Crippen LogP contribution in [0.5, 0.6) is 0 Å². The van der Waals surface area contributed by atoms with E-state index in [-0.39, 0.29) is 11.6 Å². The molecule has 18 heavy (non-hydrogen) atoms. The summed E-state index contributed by atoms with van der Waals surface area (Å²) in [5.41, 5.74) is 6.37. The lowest BCUT2D eigenvalue weighted by atomic mass is 10.1. The second-order valence-corrected chi connectivity index (χ2v) is 3.89. The fourth-order valence-electron chi connectivity index (χ4n) is 1.30. The largest absolute Gasteiger partial charge is 0.389 e. The normalized spacial score (nSPS) is 10.7. The SMILES string of the molecule is NC(=S)c1cc(F)ccc1NCCOCC(F)F. The van der Waals surface area contributed by atoms with Crippen LogP contribution in [0.25, 0.3) is 0 Å². The van der Waals surface area contributed by atoms with Gasteiger partial charge >= 0.3 is 0 Å². The van der Waals surface area contributed by atoms with Crippen LogP contribution in [0.15, 0.2) is 18.2 Å². The van der Waals surface area contributed by atoms with Crippen molar-refractivity contribution in [1.29, 1.82) is 0 Å². The van der Waals surface area contributed by atoms with Gasteiger partial charge in [0.2, 0.25) is 0 Å². The maximum Gasteiger partial charge on any atom is 0.261 e. The lowest BCUT2D eigenvalue weighted by molar-refractivity contribution is 0.0215. The van der Waals surface area contributed by atoms with Gasteiger partial charge in [-0.05, 0) is 18.2 Å². The Morgan fingerprint density at radius 1 is 1.44 bits per heavy atom. The molecule has 0 heterocycles. The van der Waals surface area contributed by atoms with Gasteiger partial charge in [-0.25, -0.2) is 13.2 Å². The van der Waals surface area contributed by atoms with Crippen LogP contribution in [0.2, 0.25) is 0 Å². The molecular formula is C11H13F3N2OS. The zero-order chi connectivity index (χ0) is 13.5. The van der Waals surface area contributed by atoms with Gasteiger partial charge in [0.25, 0.3) is 6.43 Å². The van der Waals surface area contributed by atoms with Gasteiger partial charge in [0.1, 0.15) is 17.4 Å². The van der Waals surface area contributed by atoms with Crippen LogP contribution < -0.4 is 11.1 Å². The molecule has 7 heteroatoms. The maximum atomic E-state index is 13.0. The molecule has 0 aliphatic carbocycles. The van der Waals surface area contributed by atoms with Crippen LogP contribution in [-0.2, 0) is 4.74 Å². The average molecular weight is 278 g/mol. The Hall–Kier alpha value is -1.34. The van der Waals surface area contributed by atoms with Crippen LogP contribution in [0, 0.1) is 5.82 Å². The quantitative estimate of drug-likeness (QED) is 0.592. The number of hydrogen-bond donors (Lipinski definition) is 2. The number of nitrogens with two attached hydrogens (primary N) is 1. The van der Waals surface area contributed by atoms with Crippen molar-refractivity contribution in [2.24, 2.45) is 5.73 Å². The summed E-state index contributed by atoms with van der Waals surface area (Å²) >= 11 is 4.79. The number of anilines is 1. The third-order valence-electron chi connectivity index (χ3n) is 2.05. The zero-order valence-corrected chi connectivity index (χ0v) is 10.3. The predicted molar refractivity (Wildman–Crippen MR) is 67.6 cm³/mol.